The molecule has 0 aliphatic heterocycles. The molecular formula is C19H20FN3O2. The van der Waals surface area contributed by atoms with Crippen LogP contribution in [0.2, 0.25) is 0 Å². The lowest BCUT2D eigenvalue weighted by molar-refractivity contribution is 0.304. The number of pyridine rings is 1. The molecule has 0 unspecified atom stereocenters. The second-order valence-electron chi connectivity index (χ2n) is 5.63. The largest absolute Gasteiger partial charge is 0.495 e. The molecule has 0 atom stereocenters. The Balaban J connectivity index is 2.12. The second-order valence-corrected chi connectivity index (χ2v) is 5.63. The average molecular weight is 341 g/mol. The number of nitrogens with one attached hydrogen (secondary N) is 1. The van der Waals surface area contributed by atoms with Gasteiger partial charge in [0.15, 0.2) is 0 Å². The lowest BCUT2D eigenvalue weighted by atomic mass is 10.1. The predicted molar refractivity (Wildman–Crippen MR) is 98.3 cm³/mol. The number of anilines is 3. The van der Waals surface area contributed by atoms with Crippen LogP contribution >= 0.6 is 0 Å². The minimum atomic E-state index is -0.353. The van der Waals surface area contributed by atoms with E-state index in [1.54, 1.807) is 31.3 Å². The Hall–Kier alpha value is -2.86. The summed E-state index contributed by atoms with van der Waals surface area (Å²) in [6, 6.07) is 12.4. The Labute approximate surface area is 145 Å². The van der Waals surface area contributed by atoms with Crippen molar-refractivity contribution in [2.45, 2.75) is 0 Å². The van der Waals surface area contributed by atoms with Crippen LogP contribution < -0.4 is 15.0 Å². The number of halogens is 1. The summed E-state index contributed by atoms with van der Waals surface area (Å²) in [5, 5.41) is 13.6. The number of aliphatic hydroxyl groups excluding tert-OH is 1. The van der Waals surface area contributed by atoms with Crippen molar-refractivity contribution in [3.05, 3.63) is 54.5 Å². The zero-order valence-electron chi connectivity index (χ0n) is 14.2. The topological polar surface area (TPSA) is 57.6 Å². The van der Waals surface area contributed by atoms with Gasteiger partial charge in [0.05, 0.1) is 36.7 Å². The minimum Gasteiger partial charge on any atom is -0.495 e. The first-order valence-electron chi connectivity index (χ1n) is 7.95. The number of hydrogen-bond acceptors (Lipinski definition) is 5. The Morgan fingerprint density at radius 2 is 1.96 bits per heavy atom. The number of likely N-dealkylation sites (N-methyl/N-ethyl adjacent to an activating group) is 1. The molecule has 3 aromatic rings. The fraction of sp³-hybridized carbons (Fsp3) is 0.211. The molecule has 1 heterocycles. The number of benzene rings is 2. The number of aliphatic hydroxyl groups is 1. The molecule has 6 heteroatoms. The quantitative estimate of drug-likeness (QED) is 0.718. The number of rotatable bonds is 6. The average Bonchev–Trinajstić information content (AvgIpc) is 2.63. The molecule has 2 N–H and O–H groups in total. The van der Waals surface area contributed by atoms with Crippen LogP contribution in [-0.4, -0.2) is 37.4 Å². The number of nitrogens with zero attached hydrogens (tertiary/aromatic N) is 2. The Morgan fingerprint density at radius 3 is 2.72 bits per heavy atom. The van der Waals surface area contributed by atoms with Gasteiger partial charge in [0, 0.05) is 19.0 Å². The Morgan fingerprint density at radius 1 is 1.16 bits per heavy atom. The molecule has 0 spiro atoms. The van der Waals surface area contributed by atoms with Crippen LogP contribution in [0.3, 0.4) is 0 Å². The third-order valence-electron chi connectivity index (χ3n) is 4.02. The normalized spacial score (nSPS) is 10.7. The summed E-state index contributed by atoms with van der Waals surface area (Å²) < 4.78 is 19.9. The van der Waals surface area contributed by atoms with E-state index < -0.39 is 0 Å². The Kier molecular flexibility index (Phi) is 5.00. The highest BCUT2D eigenvalue weighted by Gasteiger charge is 2.15. The van der Waals surface area contributed by atoms with Gasteiger partial charge in [0.1, 0.15) is 17.4 Å². The third kappa shape index (κ3) is 3.34. The number of para-hydroxylation sites is 2. The van der Waals surface area contributed by atoms with Crippen molar-refractivity contribution in [2.24, 2.45) is 0 Å². The van der Waals surface area contributed by atoms with Crippen molar-refractivity contribution >= 4 is 28.0 Å². The van der Waals surface area contributed by atoms with E-state index in [2.05, 4.69) is 10.3 Å². The fourth-order valence-corrected chi connectivity index (χ4v) is 2.77. The SMILES string of the molecule is COc1ccccc1Nc1cnc(N(C)CCO)c2c(F)cccc12. The maximum atomic E-state index is 14.5. The molecule has 0 bridgehead atoms. The molecule has 5 nitrogen and oxygen atoms in total. The van der Waals surface area contributed by atoms with E-state index in [4.69, 9.17) is 9.84 Å². The van der Waals surface area contributed by atoms with Crippen molar-refractivity contribution in [1.82, 2.24) is 4.98 Å². The smallest absolute Gasteiger partial charge is 0.142 e. The van der Waals surface area contributed by atoms with E-state index in [-0.39, 0.29) is 12.4 Å². The lowest BCUT2D eigenvalue weighted by Crippen LogP contribution is -2.22. The van der Waals surface area contributed by atoms with Gasteiger partial charge in [-0.3, -0.25) is 0 Å². The summed E-state index contributed by atoms with van der Waals surface area (Å²) >= 11 is 0. The second kappa shape index (κ2) is 7.36. The first kappa shape index (κ1) is 17.0. The molecule has 0 fully saturated rings. The molecule has 0 amide bonds. The molecule has 1 aromatic heterocycles. The van der Waals surface area contributed by atoms with Crippen molar-refractivity contribution in [3.63, 3.8) is 0 Å². The van der Waals surface area contributed by atoms with Gasteiger partial charge in [0.2, 0.25) is 0 Å². The molecule has 25 heavy (non-hydrogen) atoms. The summed E-state index contributed by atoms with van der Waals surface area (Å²) in [5.41, 5.74) is 1.45. The summed E-state index contributed by atoms with van der Waals surface area (Å²) in [5.74, 6) is 0.828. The monoisotopic (exact) mass is 341 g/mol. The Bertz CT molecular complexity index is 886. The van der Waals surface area contributed by atoms with Crippen molar-refractivity contribution in [3.8, 4) is 5.75 Å². The van der Waals surface area contributed by atoms with E-state index >= 15 is 0 Å². The number of aromatic nitrogens is 1. The third-order valence-corrected chi connectivity index (χ3v) is 4.02. The standard InChI is InChI=1S/C19H20FN3O2/c1-23(10-11-24)19-18-13(6-5-7-14(18)20)16(12-21-19)22-15-8-3-4-9-17(15)25-2/h3-9,12,22,24H,10-11H2,1-2H3. The van der Waals surface area contributed by atoms with Crippen molar-refractivity contribution < 1.29 is 14.2 Å². The van der Waals surface area contributed by atoms with Gasteiger partial charge in [-0.15, -0.1) is 0 Å². The summed E-state index contributed by atoms with van der Waals surface area (Å²) in [6.45, 7) is 0.338. The highest BCUT2D eigenvalue weighted by molar-refractivity contribution is 6.01. The van der Waals surface area contributed by atoms with Crippen LogP contribution in [0.1, 0.15) is 0 Å². The maximum absolute atomic E-state index is 14.5. The molecule has 3 rings (SSSR count). The van der Waals surface area contributed by atoms with Gasteiger partial charge < -0.3 is 20.1 Å². The number of hydrogen-bond donors (Lipinski definition) is 2. The highest BCUT2D eigenvalue weighted by Crippen LogP contribution is 2.35. The first-order chi connectivity index (χ1) is 12.2. The summed E-state index contributed by atoms with van der Waals surface area (Å²) in [6.07, 6.45) is 1.66. The zero-order valence-corrected chi connectivity index (χ0v) is 14.2. The molecule has 0 aliphatic rings. The van der Waals surface area contributed by atoms with E-state index in [0.29, 0.717) is 34.6 Å². The molecule has 2 aromatic carbocycles. The molecule has 0 radical (unpaired) electrons. The van der Waals surface area contributed by atoms with Crippen LogP contribution in [0.15, 0.2) is 48.7 Å². The van der Waals surface area contributed by atoms with Crippen LogP contribution in [0.25, 0.3) is 10.8 Å². The lowest BCUT2D eigenvalue weighted by Gasteiger charge is -2.21. The summed E-state index contributed by atoms with van der Waals surface area (Å²) in [7, 11) is 3.38. The van der Waals surface area contributed by atoms with E-state index in [1.807, 2.05) is 30.3 Å². The molecule has 0 saturated heterocycles. The van der Waals surface area contributed by atoms with Gasteiger partial charge in [-0.05, 0) is 18.2 Å². The number of methoxy groups -OCH3 is 1. The molecular weight excluding hydrogens is 321 g/mol. The van der Waals surface area contributed by atoms with E-state index in [1.165, 1.54) is 6.07 Å². The van der Waals surface area contributed by atoms with E-state index in [9.17, 15) is 4.39 Å². The van der Waals surface area contributed by atoms with Crippen molar-refractivity contribution in [1.29, 1.82) is 0 Å². The first-order valence-corrected chi connectivity index (χ1v) is 7.95. The summed E-state index contributed by atoms with van der Waals surface area (Å²) in [4.78, 5) is 6.14. The van der Waals surface area contributed by atoms with Crippen molar-refractivity contribution in [2.75, 3.05) is 37.5 Å². The molecule has 0 aliphatic carbocycles. The van der Waals surface area contributed by atoms with Gasteiger partial charge in [-0.1, -0.05) is 24.3 Å². The minimum absolute atomic E-state index is 0.0324. The number of ether oxygens (including phenoxy) is 1. The number of fused-ring (bicyclic) bond motifs is 1. The zero-order chi connectivity index (χ0) is 17.8. The van der Waals surface area contributed by atoms with Crippen LogP contribution in [0, 0.1) is 5.82 Å². The fourth-order valence-electron chi connectivity index (χ4n) is 2.77. The predicted octanol–water partition coefficient (Wildman–Crippen LogP) is 3.55. The highest BCUT2D eigenvalue weighted by atomic mass is 19.1. The molecule has 0 saturated carbocycles. The van der Waals surface area contributed by atoms with E-state index in [0.717, 1.165) is 5.69 Å². The van der Waals surface area contributed by atoms with Gasteiger partial charge in [-0.25, -0.2) is 9.37 Å². The van der Waals surface area contributed by atoms with Gasteiger partial charge in [0.25, 0.3) is 0 Å². The van der Waals surface area contributed by atoms with Gasteiger partial charge in [-0.2, -0.15) is 0 Å². The van der Waals surface area contributed by atoms with Crippen LogP contribution in [0.4, 0.5) is 21.6 Å². The van der Waals surface area contributed by atoms with Gasteiger partial charge >= 0.3 is 0 Å². The van der Waals surface area contributed by atoms with Crippen LogP contribution in [-0.2, 0) is 0 Å². The molecule has 130 valence electrons. The van der Waals surface area contributed by atoms with Crippen LogP contribution in [0.5, 0.6) is 5.75 Å². The maximum Gasteiger partial charge on any atom is 0.142 e.